The molecule has 2 N–H and O–H groups in total. The van der Waals surface area contributed by atoms with Gasteiger partial charge in [0.1, 0.15) is 0 Å². The summed E-state index contributed by atoms with van der Waals surface area (Å²) in [6.07, 6.45) is 0. The van der Waals surface area contributed by atoms with Crippen molar-refractivity contribution in [2.24, 2.45) is 0 Å². The van der Waals surface area contributed by atoms with Gasteiger partial charge in [0, 0.05) is 23.4 Å². The fourth-order valence-electron chi connectivity index (χ4n) is 3.34. The molecule has 0 aliphatic rings. The van der Waals surface area contributed by atoms with Gasteiger partial charge in [0.25, 0.3) is 15.9 Å². The second-order valence-electron chi connectivity index (χ2n) is 7.86. The number of carbonyl (C=O) groups is 2. The highest BCUT2D eigenvalue weighted by atomic mass is 32.2. The first-order valence-electron chi connectivity index (χ1n) is 10.4. The molecule has 0 bridgehead atoms. The average molecular weight is 466 g/mol. The maximum absolute atomic E-state index is 12.6. The normalized spacial score (nSPS) is 12.2. The molecule has 0 radical (unpaired) electrons. The summed E-state index contributed by atoms with van der Waals surface area (Å²) in [7, 11) is 0.0956. The highest BCUT2D eigenvalue weighted by molar-refractivity contribution is 7.92. The van der Waals surface area contributed by atoms with E-state index >= 15 is 0 Å². The van der Waals surface area contributed by atoms with Crippen LogP contribution in [-0.2, 0) is 10.0 Å². The first kappa shape index (κ1) is 24.2. The minimum atomic E-state index is -3.82. The lowest BCUT2D eigenvalue weighted by Gasteiger charge is -2.25. The fourth-order valence-corrected chi connectivity index (χ4v) is 4.40. The SMILES string of the molecule is CC(=O)c1ccc(S(=O)(=O)Nc2ccc(C(=O)NC[C@@H](c3ccccc3)N(C)C)cc2)cc1. The maximum Gasteiger partial charge on any atom is 0.261 e. The molecule has 7 nitrogen and oxygen atoms in total. The Labute approximate surface area is 194 Å². The van der Waals surface area contributed by atoms with E-state index < -0.39 is 10.0 Å². The van der Waals surface area contributed by atoms with Crippen LogP contribution in [0.15, 0.2) is 83.8 Å². The number of hydrogen-bond acceptors (Lipinski definition) is 5. The predicted molar refractivity (Wildman–Crippen MR) is 129 cm³/mol. The number of sulfonamides is 1. The van der Waals surface area contributed by atoms with E-state index in [-0.39, 0.29) is 22.6 Å². The van der Waals surface area contributed by atoms with E-state index in [1.54, 1.807) is 12.1 Å². The molecule has 33 heavy (non-hydrogen) atoms. The molecule has 0 heterocycles. The van der Waals surface area contributed by atoms with Crippen LogP contribution < -0.4 is 10.0 Å². The molecule has 3 aromatic carbocycles. The van der Waals surface area contributed by atoms with Crippen molar-refractivity contribution in [3.05, 3.63) is 95.6 Å². The number of carbonyl (C=O) groups excluding carboxylic acids is 2. The zero-order valence-corrected chi connectivity index (χ0v) is 19.6. The summed E-state index contributed by atoms with van der Waals surface area (Å²) in [4.78, 5) is 26.1. The number of anilines is 1. The standard InChI is InChI=1S/C25H27N3O4S/c1-18(29)19-11-15-23(16-12-19)33(31,32)27-22-13-9-21(10-14-22)25(30)26-17-24(28(2)3)20-7-5-4-6-8-20/h4-16,24,27H,17H2,1-3H3,(H,26,30)/t24-/m0/s1. The average Bonchev–Trinajstić information content (AvgIpc) is 2.80. The molecule has 0 unspecified atom stereocenters. The third-order valence-corrected chi connectivity index (χ3v) is 6.63. The largest absolute Gasteiger partial charge is 0.350 e. The molecule has 0 aliphatic carbocycles. The Morgan fingerprint density at radius 3 is 1.97 bits per heavy atom. The lowest BCUT2D eigenvalue weighted by atomic mass is 10.1. The number of likely N-dealkylation sites (N-methyl/N-ethyl adjacent to an activating group) is 1. The Morgan fingerprint density at radius 2 is 1.42 bits per heavy atom. The van der Waals surface area contributed by atoms with Crippen molar-refractivity contribution in [2.75, 3.05) is 25.4 Å². The molecule has 0 saturated carbocycles. The second kappa shape index (κ2) is 10.4. The summed E-state index contributed by atoms with van der Waals surface area (Å²) in [6, 6.07) is 21.9. The van der Waals surface area contributed by atoms with Crippen molar-refractivity contribution in [2.45, 2.75) is 17.9 Å². The van der Waals surface area contributed by atoms with Crippen molar-refractivity contribution in [3.8, 4) is 0 Å². The molecule has 1 amide bonds. The number of amides is 1. The highest BCUT2D eigenvalue weighted by Crippen LogP contribution is 2.19. The number of ketones is 1. The van der Waals surface area contributed by atoms with Gasteiger partial charge in [-0.1, -0.05) is 42.5 Å². The van der Waals surface area contributed by atoms with Crippen molar-refractivity contribution < 1.29 is 18.0 Å². The summed E-state index contributed by atoms with van der Waals surface area (Å²) in [5.41, 5.74) is 2.30. The van der Waals surface area contributed by atoms with Gasteiger partial charge >= 0.3 is 0 Å². The topological polar surface area (TPSA) is 95.6 Å². The van der Waals surface area contributed by atoms with Gasteiger partial charge in [0.2, 0.25) is 0 Å². The molecule has 8 heteroatoms. The monoisotopic (exact) mass is 465 g/mol. The maximum atomic E-state index is 12.6. The van der Waals surface area contributed by atoms with Crippen LogP contribution in [0.2, 0.25) is 0 Å². The van der Waals surface area contributed by atoms with Crippen molar-refractivity contribution >= 4 is 27.4 Å². The van der Waals surface area contributed by atoms with E-state index in [1.165, 1.54) is 43.3 Å². The minimum Gasteiger partial charge on any atom is -0.350 e. The van der Waals surface area contributed by atoms with Crippen LogP contribution in [0.25, 0.3) is 0 Å². The number of nitrogens with one attached hydrogen (secondary N) is 2. The van der Waals surface area contributed by atoms with E-state index in [9.17, 15) is 18.0 Å². The zero-order valence-electron chi connectivity index (χ0n) is 18.8. The van der Waals surface area contributed by atoms with E-state index in [1.807, 2.05) is 49.3 Å². The number of rotatable bonds is 9. The molecular formula is C25H27N3O4S. The van der Waals surface area contributed by atoms with E-state index in [4.69, 9.17) is 0 Å². The predicted octanol–water partition coefficient (Wildman–Crippen LogP) is 3.72. The third-order valence-electron chi connectivity index (χ3n) is 5.23. The van der Waals surface area contributed by atoms with Gasteiger partial charge in [-0.2, -0.15) is 0 Å². The van der Waals surface area contributed by atoms with Gasteiger partial charge in [-0.3, -0.25) is 14.3 Å². The highest BCUT2D eigenvalue weighted by Gasteiger charge is 2.17. The van der Waals surface area contributed by atoms with Gasteiger partial charge < -0.3 is 10.2 Å². The molecule has 0 fully saturated rings. The Kier molecular flexibility index (Phi) is 7.63. The fraction of sp³-hybridized carbons (Fsp3) is 0.200. The molecule has 0 saturated heterocycles. The van der Waals surface area contributed by atoms with Crippen LogP contribution in [-0.4, -0.2) is 45.6 Å². The van der Waals surface area contributed by atoms with Crippen molar-refractivity contribution in [1.29, 1.82) is 0 Å². The number of hydrogen-bond donors (Lipinski definition) is 2. The Morgan fingerprint density at radius 1 is 0.848 bits per heavy atom. The molecule has 0 aliphatic heterocycles. The summed E-state index contributed by atoms with van der Waals surface area (Å²) >= 11 is 0. The smallest absolute Gasteiger partial charge is 0.261 e. The van der Waals surface area contributed by atoms with Gasteiger partial charge in [-0.05, 0) is 63.0 Å². The lowest BCUT2D eigenvalue weighted by molar-refractivity contribution is 0.0941. The lowest BCUT2D eigenvalue weighted by Crippen LogP contribution is -2.34. The van der Waals surface area contributed by atoms with E-state index in [0.29, 0.717) is 23.4 Å². The minimum absolute atomic E-state index is 0.0237. The van der Waals surface area contributed by atoms with Crippen molar-refractivity contribution in [1.82, 2.24) is 10.2 Å². The Balaban J connectivity index is 1.64. The molecule has 1 atom stereocenters. The van der Waals surface area contributed by atoms with E-state index in [0.717, 1.165) is 5.56 Å². The van der Waals surface area contributed by atoms with Crippen LogP contribution in [0, 0.1) is 0 Å². The summed E-state index contributed by atoms with van der Waals surface area (Å²) in [6.45, 7) is 1.85. The van der Waals surface area contributed by atoms with Crippen LogP contribution in [0.4, 0.5) is 5.69 Å². The van der Waals surface area contributed by atoms with Crippen molar-refractivity contribution in [3.63, 3.8) is 0 Å². The first-order chi connectivity index (χ1) is 15.7. The summed E-state index contributed by atoms with van der Waals surface area (Å²) in [5.74, 6) is -0.381. The quantitative estimate of drug-likeness (QED) is 0.470. The first-order valence-corrected chi connectivity index (χ1v) is 11.9. The Hall–Kier alpha value is -3.49. The van der Waals surface area contributed by atoms with Gasteiger partial charge in [-0.25, -0.2) is 8.42 Å². The second-order valence-corrected chi connectivity index (χ2v) is 9.55. The molecule has 3 rings (SSSR count). The Bertz CT molecular complexity index is 1210. The number of nitrogens with zero attached hydrogens (tertiary/aromatic N) is 1. The number of benzene rings is 3. The third kappa shape index (κ3) is 6.27. The molecule has 3 aromatic rings. The molecule has 0 aromatic heterocycles. The van der Waals surface area contributed by atoms with Crippen LogP contribution in [0.5, 0.6) is 0 Å². The van der Waals surface area contributed by atoms with Gasteiger partial charge in [-0.15, -0.1) is 0 Å². The number of Topliss-reactive ketones (excluding diaryl/α,β-unsaturated/α-hetero) is 1. The van der Waals surface area contributed by atoms with E-state index in [2.05, 4.69) is 10.0 Å². The van der Waals surface area contributed by atoms with Crippen LogP contribution in [0.1, 0.15) is 39.2 Å². The summed E-state index contributed by atoms with van der Waals surface area (Å²) < 4.78 is 27.7. The summed E-state index contributed by atoms with van der Waals surface area (Å²) in [5, 5.41) is 2.94. The van der Waals surface area contributed by atoms with Crippen LogP contribution in [0.3, 0.4) is 0 Å². The molecular weight excluding hydrogens is 438 g/mol. The zero-order chi connectivity index (χ0) is 24.0. The van der Waals surface area contributed by atoms with Gasteiger partial charge in [0.05, 0.1) is 10.9 Å². The molecule has 0 spiro atoms. The van der Waals surface area contributed by atoms with Gasteiger partial charge in [0.15, 0.2) is 5.78 Å². The van der Waals surface area contributed by atoms with Crippen LogP contribution >= 0.6 is 0 Å². The molecule has 172 valence electrons.